The molecule has 3 nitrogen and oxygen atoms in total. The summed E-state index contributed by atoms with van der Waals surface area (Å²) in [7, 11) is 0. The normalized spacial score (nSPS) is 10.3. The molecule has 1 aromatic carbocycles. The first-order valence-electron chi connectivity index (χ1n) is 5.62. The molecule has 92 valence electrons. The van der Waals surface area contributed by atoms with Gasteiger partial charge in [-0.1, -0.05) is 19.9 Å². The maximum absolute atomic E-state index is 9.12. The minimum Gasteiger partial charge on any atom is -0.491 e. The molecule has 0 aliphatic rings. The monoisotopic (exact) mass is 250 g/mol. The van der Waals surface area contributed by atoms with Gasteiger partial charge in [0.15, 0.2) is 0 Å². The molecule has 0 radical (unpaired) electrons. The third-order valence-electron chi connectivity index (χ3n) is 2.23. The number of rotatable bonds is 6. The van der Waals surface area contributed by atoms with Crippen LogP contribution in [0.3, 0.4) is 0 Å². The van der Waals surface area contributed by atoms with Crippen molar-refractivity contribution in [2.45, 2.75) is 24.8 Å². The molecule has 0 aliphatic carbocycles. The maximum atomic E-state index is 9.12. The van der Waals surface area contributed by atoms with Gasteiger partial charge in [-0.25, -0.2) is 0 Å². The molecule has 0 aromatic heterocycles. The van der Waals surface area contributed by atoms with Gasteiger partial charge in [0.25, 0.3) is 0 Å². The van der Waals surface area contributed by atoms with Crippen LogP contribution < -0.4 is 10.1 Å². The minimum absolute atomic E-state index is 0.451. The highest BCUT2D eigenvalue weighted by Gasteiger charge is 2.07. The number of thioether (sulfide) groups is 1. The Balaban J connectivity index is 2.62. The first kappa shape index (κ1) is 13.9. The number of nitrogens with one attached hydrogen (secondary N) is 1. The lowest BCUT2D eigenvalue weighted by atomic mass is 10.2. The Hall–Kier alpha value is -1.18. The van der Waals surface area contributed by atoms with Gasteiger partial charge in [-0.05, 0) is 18.4 Å². The smallest absolute Gasteiger partial charge is 0.138 e. The van der Waals surface area contributed by atoms with Crippen molar-refractivity contribution in [3.8, 4) is 11.8 Å². The zero-order chi connectivity index (χ0) is 12.7. The summed E-state index contributed by atoms with van der Waals surface area (Å²) in [5.74, 6) is 0.671. The summed E-state index contributed by atoms with van der Waals surface area (Å²) in [6.45, 7) is 5.54. The zero-order valence-corrected chi connectivity index (χ0v) is 11.3. The molecule has 0 heterocycles. The van der Waals surface area contributed by atoms with Crippen molar-refractivity contribution in [1.82, 2.24) is 5.32 Å². The average Bonchev–Trinajstić information content (AvgIpc) is 2.33. The van der Waals surface area contributed by atoms with E-state index in [1.165, 1.54) is 0 Å². The zero-order valence-electron chi connectivity index (χ0n) is 10.5. The highest BCUT2D eigenvalue weighted by atomic mass is 32.2. The Morgan fingerprint density at radius 2 is 2.24 bits per heavy atom. The summed E-state index contributed by atoms with van der Waals surface area (Å²) in [6.07, 6.45) is 1.96. The predicted molar refractivity (Wildman–Crippen MR) is 71.6 cm³/mol. The molecular weight excluding hydrogens is 232 g/mol. The lowest BCUT2D eigenvalue weighted by molar-refractivity contribution is 0.307. The van der Waals surface area contributed by atoms with E-state index in [-0.39, 0.29) is 0 Å². The van der Waals surface area contributed by atoms with Crippen LogP contribution in [0.5, 0.6) is 5.75 Å². The fourth-order valence-electron chi connectivity index (χ4n) is 1.42. The fourth-order valence-corrected chi connectivity index (χ4v) is 1.99. The third kappa shape index (κ3) is 4.29. The molecule has 0 atom stereocenters. The highest BCUT2D eigenvalue weighted by molar-refractivity contribution is 7.98. The number of hydrogen-bond donors (Lipinski definition) is 1. The molecular formula is C13H18N2OS. The summed E-state index contributed by atoms with van der Waals surface area (Å²) in [5.41, 5.74) is 0.629. The average molecular weight is 250 g/mol. The largest absolute Gasteiger partial charge is 0.491 e. The Morgan fingerprint density at radius 3 is 2.82 bits per heavy atom. The van der Waals surface area contributed by atoms with Gasteiger partial charge in [0, 0.05) is 17.5 Å². The topological polar surface area (TPSA) is 45.0 Å². The van der Waals surface area contributed by atoms with Crippen molar-refractivity contribution in [3.63, 3.8) is 0 Å². The Kier molecular flexibility index (Phi) is 5.88. The first-order chi connectivity index (χ1) is 8.19. The molecule has 0 bridgehead atoms. The molecule has 0 amide bonds. The quantitative estimate of drug-likeness (QED) is 0.623. The van der Waals surface area contributed by atoms with Gasteiger partial charge in [-0.3, -0.25) is 0 Å². The van der Waals surface area contributed by atoms with Gasteiger partial charge in [-0.15, -0.1) is 11.8 Å². The third-order valence-corrected chi connectivity index (χ3v) is 3.01. The van der Waals surface area contributed by atoms with E-state index in [1.807, 2.05) is 24.5 Å². The molecule has 1 N–H and O–H groups in total. The molecule has 17 heavy (non-hydrogen) atoms. The SMILES string of the molecule is CSc1cccc(OCCNC(C)C)c1C#N. The fraction of sp³-hybridized carbons (Fsp3) is 0.462. The van der Waals surface area contributed by atoms with Crippen LogP contribution in [0.25, 0.3) is 0 Å². The Bertz CT molecular complexity index is 399. The second-order valence-corrected chi connectivity index (χ2v) is 4.75. The molecule has 0 saturated carbocycles. The van der Waals surface area contributed by atoms with Crippen molar-refractivity contribution in [2.75, 3.05) is 19.4 Å². The molecule has 1 rings (SSSR count). The summed E-state index contributed by atoms with van der Waals surface area (Å²) in [5, 5.41) is 12.4. The van der Waals surface area contributed by atoms with E-state index in [0.29, 0.717) is 24.0 Å². The summed E-state index contributed by atoms with van der Waals surface area (Å²) in [4.78, 5) is 0.960. The molecule has 0 saturated heterocycles. The van der Waals surface area contributed by atoms with E-state index in [4.69, 9.17) is 10.00 Å². The van der Waals surface area contributed by atoms with Gasteiger partial charge in [0.2, 0.25) is 0 Å². The second kappa shape index (κ2) is 7.21. The van der Waals surface area contributed by atoms with Crippen LogP contribution in [-0.2, 0) is 0 Å². The minimum atomic E-state index is 0.451. The van der Waals surface area contributed by atoms with Crippen LogP contribution in [0.15, 0.2) is 23.1 Å². The summed E-state index contributed by atoms with van der Waals surface area (Å²) < 4.78 is 5.62. The molecule has 0 fully saturated rings. The van der Waals surface area contributed by atoms with Gasteiger partial charge in [0.1, 0.15) is 24.0 Å². The molecule has 0 aliphatic heterocycles. The van der Waals surface area contributed by atoms with Crippen LogP contribution >= 0.6 is 11.8 Å². The standard InChI is InChI=1S/C13H18N2OS/c1-10(2)15-7-8-16-12-5-4-6-13(17-3)11(12)9-14/h4-6,10,15H,7-8H2,1-3H3. The van der Waals surface area contributed by atoms with Crippen LogP contribution in [-0.4, -0.2) is 25.4 Å². The number of benzene rings is 1. The van der Waals surface area contributed by atoms with Crippen molar-refractivity contribution in [3.05, 3.63) is 23.8 Å². The van der Waals surface area contributed by atoms with Crippen molar-refractivity contribution < 1.29 is 4.74 Å². The maximum Gasteiger partial charge on any atom is 0.138 e. The van der Waals surface area contributed by atoms with E-state index in [1.54, 1.807) is 11.8 Å². The van der Waals surface area contributed by atoms with E-state index < -0.39 is 0 Å². The lowest BCUT2D eigenvalue weighted by Gasteiger charge is -2.11. The van der Waals surface area contributed by atoms with Crippen LogP contribution in [0.4, 0.5) is 0 Å². The molecule has 4 heteroatoms. The number of ether oxygens (including phenoxy) is 1. The number of hydrogen-bond acceptors (Lipinski definition) is 4. The number of nitrogens with zero attached hydrogens (tertiary/aromatic N) is 1. The first-order valence-corrected chi connectivity index (χ1v) is 6.84. The van der Waals surface area contributed by atoms with Crippen molar-refractivity contribution in [1.29, 1.82) is 5.26 Å². The number of nitriles is 1. The molecule has 0 unspecified atom stereocenters. The van der Waals surface area contributed by atoms with Crippen LogP contribution in [0, 0.1) is 11.3 Å². The van der Waals surface area contributed by atoms with Crippen molar-refractivity contribution >= 4 is 11.8 Å². The van der Waals surface area contributed by atoms with E-state index in [2.05, 4.69) is 25.2 Å². The lowest BCUT2D eigenvalue weighted by Crippen LogP contribution is -2.27. The van der Waals surface area contributed by atoms with E-state index in [0.717, 1.165) is 11.4 Å². The highest BCUT2D eigenvalue weighted by Crippen LogP contribution is 2.27. The van der Waals surface area contributed by atoms with E-state index in [9.17, 15) is 0 Å². The van der Waals surface area contributed by atoms with E-state index >= 15 is 0 Å². The Morgan fingerprint density at radius 1 is 1.47 bits per heavy atom. The Labute approximate surface area is 107 Å². The van der Waals surface area contributed by atoms with Gasteiger partial charge in [-0.2, -0.15) is 5.26 Å². The second-order valence-electron chi connectivity index (χ2n) is 3.90. The summed E-state index contributed by atoms with van der Waals surface area (Å²) in [6, 6.07) is 8.34. The molecule has 0 spiro atoms. The van der Waals surface area contributed by atoms with Crippen molar-refractivity contribution in [2.24, 2.45) is 0 Å². The van der Waals surface area contributed by atoms with Gasteiger partial charge < -0.3 is 10.1 Å². The van der Waals surface area contributed by atoms with Gasteiger partial charge >= 0.3 is 0 Å². The van der Waals surface area contributed by atoms with Crippen LogP contribution in [0.1, 0.15) is 19.4 Å². The van der Waals surface area contributed by atoms with Gasteiger partial charge in [0.05, 0.1) is 0 Å². The van der Waals surface area contributed by atoms with Crippen LogP contribution in [0.2, 0.25) is 0 Å². The summed E-state index contributed by atoms with van der Waals surface area (Å²) >= 11 is 1.56. The molecule has 1 aromatic rings. The predicted octanol–water partition coefficient (Wildman–Crippen LogP) is 2.66.